The molecule has 0 spiro atoms. The van der Waals surface area contributed by atoms with Crippen LogP contribution in [0.3, 0.4) is 0 Å². The van der Waals surface area contributed by atoms with Crippen molar-refractivity contribution in [3.8, 4) is 0 Å². The van der Waals surface area contributed by atoms with Crippen molar-refractivity contribution in [2.45, 2.75) is 91.8 Å². The molecule has 0 aromatic carbocycles. The molecule has 4 aliphatic rings. The third-order valence-corrected chi connectivity index (χ3v) is 9.48. The maximum atomic E-state index is 11.6. The third kappa shape index (κ3) is 6.92. The third-order valence-electron chi connectivity index (χ3n) is 9.00. The first-order valence-corrected chi connectivity index (χ1v) is 15.7. The summed E-state index contributed by atoms with van der Waals surface area (Å²) >= 11 is 9.50. The molecule has 1 aromatic rings. The molecule has 4 aliphatic heterocycles. The van der Waals surface area contributed by atoms with Gasteiger partial charge in [0.25, 0.3) is 0 Å². The van der Waals surface area contributed by atoms with Crippen LogP contribution < -0.4 is 15.7 Å². The monoisotopic (exact) mass is 686 g/mol. The summed E-state index contributed by atoms with van der Waals surface area (Å²) in [5.41, 5.74) is 10.4. The molecule has 0 fully saturated rings. The number of rotatable bonds is 6. The van der Waals surface area contributed by atoms with Crippen molar-refractivity contribution in [2.75, 3.05) is 0 Å². The minimum Gasteiger partial charge on any atom is -0.678 e. The number of fused-ring (bicyclic) bond motifs is 8. The SMILES string of the molecule is CC1=C(CCC(=O)O)[C@H]2/C=c3\[n-]/c(c(C)c3CCC(=O)O)=C\[C@H]3[N-]C(=C(C)/C3=C(\C)S)C[C@@H]3[N-]C(=C(C)C/3=C(\C)S)/C=C/1[N-]2.[Fe+4]. The van der Waals surface area contributed by atoms with Gasteiger partial charge >= 0.3 is 29.0 Å². The zero-order chi connectivity index (χ0) is 32.0. The van der Waals surface area contributed by atoms with Crippen molar-refractivity contribution < 1.29 is 36.9 Å². The number of carboxylic acid groups (broad SMARTS) is 2. The molecule has 1 aromatic heterocycles. The van der Waals surface area contributed by atoms with Crippen molar-refractivity contribution in [3.63, 3.8) is 0 Å². The zero-order valence-corrected chi connectivity index (χ0v) is 29.1. The van der Waals surface area contributed by atoms with E-state index < -0.39 is 18.0 Å². The number of carboxylic acids is 2. The van der Waals surface area contributed by atoms with E-state index in [4.69, 9.17) is 46.2 Å². The van der Waals surface area contributed by atoms with Gasteiger partial charge in [-0.3, -0.25) is 9.59 Å². The van der Waals surface area contributed by atoms with Crippen molar-refractivity contribution >= 4 is 49.3 Å². The quantitative estimate of drug-likeness (QED) is 0.209. The molecule has 8 nitrogen and oxygen atoms in total. The van der Waals surface area contributed by atoms with Crippen LogP contribution in [0.2, 0.25) is 0 Å². The summed E-state index contributed by atoms with van der Waals surface area (Å²) in [6, 6.07) is -0.880. The second kappa shape index (κ2) is 13.8. The summed E-state index contributed by atoms with van der Waals surface area (Å²) < 4.78 is 0. The van der Waals surface area contributed by atoms with E-state index in [-0.39, 0.29) is 42.0 Å². The summed E-state index contributed by atoms with van der Waals surface area (Å²) in [6.45, 7) is 12.0. The van der Waals surface area contributed by atoms with Gasteiger partial charge in [-0.05, 0) is 69.8 Å². The molecule has 2 N–H and O–H groups in total. The van der Waals surface area contributed by atoms with Gasteiger partial charge in [0, 0.05) is 12.8 Å². The normalized spacial score (nSPS) is 27.3. The van der Waals surface area contributed by atoms with Crippen LogP contribution in [-0.2, 0) is 33.1 Å². The fraction of sp³-hybridized carbons (Fsp3) is 0.412. The number of nitrogens with zero attached hydrogens (tertiary/aromatic N) is 4. The Morgan fingerprint density at radius 3 is 2.07 bits per heavy atom. The van der Waals surface area contributed by atoms with Crippen LogP contribution in [0.1, 0.15) is 71.4 Å². The van der Waals surface area contributed by atoms with Crippen LogP contribution in [0.4, 0.5) is 0 Å². The Kier molecular flexibility index (Phi) is 10.7. The van der Waals surface area contributed by atoms with Crippen LogP contribution in [0.5, 0.6) is 0 Å². The standard InChI is InChI=1S/C34H38N4O4S2.Fe/c1-15-21(7-9-31(39)40)27-14-28-22(8-10-32(41)42)16(2)24(36-28)12-29-34(20(6)44)18(4)26(38-29)13-30-33(19(5)43)17(3)25(37-30)11-23(15)35-27;/h11-12,14,27,29-30,43-44H,7-10,13H2,1-6H3,(H,39,40)(H,41,42);/q-4;+4/b23-11-,24-12-,28-14-,33-19-,34-20-;/t27-,29-,30+;/m1./s1. The van der Waals surface area contributed by atoms with Gasteiger partial charge in [0.15, 0.2) is 0 Å². The van der Waals surface area contributed by atoms with Crippen LogP contribution in [0.15, 0.2) is 66.4 Å². The van der Waals surface area contributed by atoms with Crippen LogP contribution >= 0.6 is 25.3 Å². The summed E-state index contributed by atoms with van der Waals surface area (Å²) in [4.78, 5) is 30.0. The Morgan fingerprint density at radius 2 is 1.44 bits per heavy atom. The van der Waals surface area contributed by atoms with Gasteiger partial charge < -0.3 is 31.1 Å². The predicted molar refractivity (Wildman–Crippen MR) is 181 cm³/mol. The van der Waals surface area contributed by atoms with Gasteiger partial charge in [-0.1, -0.05) is 69.6 Å². The Bertz CT molecular complexity index is 1770. The van der Waals surface area contributed by atoms with Gasteiger partial charge in [-0.15, -0.1) is 59.5 Å². The fourth-order valence-corrected chi connectivity index (χ4v) is 7.32. The topological polar surface area (TPSA) is 131 Å². The van der Waals surface area contributed by atoms with Gasteiger partial charge in [-0.25, -0.2) is 0 Å². The van der Waals surface area contributed by atoms with Crippen molar-refractivity contribution in [1.82, 2.24) is 4.98 Å². The Morgan fingerprint density at radius 1 is 0.822 bits per heavy atom. The minimum absolute atomic E-state index is 0. The van der Waals surface area contributed by atoms with Gasteiger partial charge in [0.1, 0.15) is 0 Å². The van der Waals surface area contributed by atoms with Crippen LogP contribution in [0, 0.1) is 6.92 Å². The summed E-state index contributed by atoms with van der Waals surface area (Å²) in [5, 5.41) is 35.8. The molecule has 0 aliphatic carbocycles. The molecule has 0 amide bonds. The summed E-state index contributed by atoms with van der Waals surface area (Å²) in [6.07, 6.45) is 7.20. The Labute approximate surface area is 286 Å². The molecule has 0 radical (unpaired) electrons. The number of aliphatic carboxylic acids is 2. The minimum atomic E-state index is -0.882. The second-order valence-electron chi connectivity index (χ2n) is 11.9. The van der Waals surface area contributed by atoms with E-state index in [0.29, 0.717) is 24.6 Å². The van der Waals surface area contributed by atoms with Crippen LogP contribution in [-0.4, -0.2) is 40.3 Å². The molecule has 8 bridgehead atoms. The molecule has 238 valence electrons. The van der Waals surface area contributed by atoms with Crippen molar-refractivity contribution in [2.24, 2.45) is 0 Å². The zero-order valence-electron chi connectivity index (χ0n) is 26.2. The van der Waals surface area contributed by atoms with Gasteiger partial charge in [0.2, 0.25) is 0 Å². The van der Waals surface area contributed by atoms with Gasteiger partial charge in [0.05, 0.1) is 0 Å². The van der Waals surface area contributed by atoms with E-state index in [0.717, 1.165) is 76.8 Å². The molecule has 0 saturated carbocycles. The molecule has 3 atom stereocenters. The fourth-order valence-electron chi connectivity index (χ4n) is 6.70. The average Bonchev–Trinajstić information content (AvgIpc) is 3.59. The van der Waals surface area contributed by atoms with E-state index in [1.165, 1.54) is 0 Å². The maximum absolute atomic E-state index is 11.6. The van der Waals surface area contributed by atoms with Crippen molar-refractivity contribution in [1.29, 1.82) is 0 Å². The average molecular weight is 687 g/mol. The van der Waals surface area contributed by atoms with E-state index >= 15 is 0 Å². The largest absolute Gasteiger partial charge is 4.00 e. The molecular formula is C34H38FeN4O4S2. The molecule has 5 rings (SSSR count). The number of hydrogen-bond donors (Lipinski definition) is 4. The maximum Gasteiger partial charge on any atom is 4.00 e. The van der Waals surface area contributed by atoms with E-state index in [1.807, 2.05) is 45.9 Å². The molecule has 0 saturated heterocycles. The summed E-state index contributed by atoms with van der Waals surface area (Å²) in [5.74, 6) is -1.76. The van der Waals surface area contributed by atoms with E-state index in [2.05, 4.69) is 13.8 Å². The predicted octanol–water partition coefficient (Wildman–Crippen LogP) is 6.22. The first kappa shape index (κ1) is 34.9. The number of aromatic nitrogens is 1. The number of thiol groups is 2. The van der Waals surface area contributed by atoms with Gasteiger partial charge in [-0.2, -0.15) is 5.70 Å². The van der Waals surface area contributed by atoms with Crippen molar-refractivity contribution in [3.05, 3.63) is 104 Å². The Balaban J connectivity index is 0.00000461. The van der Waals surface area contributed by atoms with E-state index in [9.17, 15) is 19.8 Å². The molecule has 5 heterocycles. The first-order chi connectivity index (χ1) is 20.8. The van der Waals surface area contributed by atoms with E-state index in [1.54, 1.807) is 0 Å². The molecule has 45 heavy (non-hydrogen) atoms. The second-order valence-corrected chi connectivity index (χ2v) is 13.2. The van der Waals surface area contributed by atoms with Crippen LogP contribution in [0.25, 0.3) is 28.1 Å². The molecule has 0 unspecified atom stereocenters. The smallest absolute Gasteiger partial charge is 0.678 e. The Hall–Kier alpha value is -2.98. The molecule has 11 heteroatoms. The first-order valence-electron chi connectivity index (χ1n) is 14.8. The number of allylic oxidation sites excluding steroid dienone is 4. The number of hydrogen-bond acceptors (Lipinski definition) is 4. The summed E-state index contributed by atoms with van der Waals surface area (Å²) in [7, 11) is 0. The molecular weight excluding hydrogens is 648 g/mol. The number of carbonyl (C=O) groups is 2.